The van der Waals surface area contributed by atoms with E-state index < -0.39 is 6.09 Å². The second-order valence-corrected chi connectivity index (χ2v) is 10.1. The number of carbonyl (C=O) groups excluding carboxylic acids is 2. The Morgan fingerprint density at radius 2 is 1.93 bits per heavy atom. The van der Waals surface area contributed by atoms with Gasteiger partial charge in [-0.15, -0.1) is 0 Å². The molecule has 1 unspecified atom stereocenters. The van der Waals surface area contributed by atoms with Gasteiger partial charge in [-0.1, -0.05) is 6.07 Å². The van der Waals surface area contributed by atoms with Crippen molar-refractivity contribution < 1.29 is 19.1 Å². The highest BCUT2D eigenvalue weighted by Gasteiger charge is 2.30. The zero-order chi connectivity index (χ0) is 28.2. The Morgan fingerprint density at radius 1 is 1.10 bits per heavy atom. The van der Waals surface area contributed by atoms with Gasteiger partial charge in [-0.05, 0) is 49.6 Å². The van der Waals surface area contributed by atoms with Crippen molar-refractivity contribution in [1.29, 1.82) is 0 Å². The molecule has 0 spiro atoms. The Morgan fingerprint density at radius 3 is 2.63 bits per heavy atom. The lowest BCUT2D eigenvalue weighted by Gasteiger charge is -2.35. The van der Waals surface area contributed by atoms with Gasteiger partial charge in [-0.3, -0.25) is 20.0 Å². The van der Waals surface area contributed by atoms with E-state index in [0.717, 1.165) is 53.8 Å². The maximum atomic E-state index is 12.6. The van der Waals surface area contributed by atoms with Gasteiger partial charge in [0.05, 0.1) is 17.8 Å². The lowest BCUT2D eigenvalue weighted by molar-refractivity contribution is -0.142. The van der Waals surface area contributed by atoms with Crippen molar-refractivity contribution >= 4 is 29.0 Å². The van der Waals surface area contributed by atoms with Gasteiger partial charge in [0.2, 0.25) is 5.95 Å². The summed E-state index contributed by atoms with van der Waals surface area (Å²) in [6.45, 7) is 6.42. The summed E-state index contributed by atoms with van der Waals surface area (Å²) in [5, 5.41) is 2.63. The topological polar surface area (TPSA) is 138 Å². The molecule has 212 valence electrons. The third kappa shape index (κ3) is 6.03. The first-order valence-corrected chi connectivity index (χ1v) is 13.9. The third-order valence-corrected chi connectivity index (χ3v) is 7.32. The van der Waals surface area contributed by atoms with E-state index in [-0.39, 0.29) is 24.6 Å². The van der Waals surface area contributed by atoms with Crippen LogP contribution < -0.4 is 5.32 Å². The number of H-pyrrole nitrogens is 1. The molecule has 0 bridgehead atoms. The molecule has 2 fully saturated rings. The molecule has 0 saturated carbocycles. The van der Waals surface area contributed by atoms with Gasteiger partial charge >= 0.3 is 6.09 Å². The normalized spacial score (nSPS) is 17.6. The zero-order valence-electron chi connectivity index (χ0n) is 22.9. The van der Waals surface area contributed by atoms with Crippen LogP contribution in [-0.4, -0.2) is 92.2 Å². The molecular weight excluding hydrogens is 524 g/mol. The summed E-state index contributed by atoms with van der Waals surface area (Å²) >= 11 is 0. The standard InChI is InChI=1S/C29H32N8O4/c1-2-40-29(39)35-28-33-23-16-20(15-22(25(23)34-28)26-30-8-4-9-31-26)19-6-7-21(32-17-19)18-36-10-12-37(13-11-36)27(38)24-5-3-14-41-24/h4,6-9,15-17,24H,2-3,5,10-14,18H2,1H3,(H2,33,34,35,39). The summed E-state index contributed by atoms with van der Waals surface area (Å²) in [5.74, 6) is 0.928. The van der Waals surface area contributed by atoms with Crippen molar-refractivity contribution in [2.75, 3.05) is 44.7 Å². The number of nitrogens with one attached hydrogen (secondary N) is 2. The average Bonchev–Trinajstić information content (AvgIpc) is 3.68. The number of pyridine rings is 1. The fraction of sp³-hybridized carbons (Fsp3) is 0.379. The van der Waals surface area contributed by atoms with Gasteiger partial charge in [0.25, 0.3) is 5.91 Å². The predicted molar refractivity (Wildman–Crippen MR) is 152 cm³/mol. The van der Waals surface area contributed by atoms with E-state index in [4.69, 9.17) is 14.5 Å². The highest BCUT2D eigenvalue weighted by molar-refractivity contribution is 5.96. The number of aromatic nitrogens is 5. The quantitative estimate of drug-likeness (QED) is 0.350. The van der Waals surface area contributed by atoms with E-state index in [1.54, 1.807) is 25.4 Å². The van der Waals surface area contributed by atoms with Crippen LogP contribution in [0, 0.1) is 0 Å². The molecule has 12 heteroatoms. The van der Waals surface area contributed by atoms with Gasteiger partial charge in [-0.2, -0.15) is 0 Å². The number of carbonyl (C=O) groups is 2. The minimum atomic E-state index is -0.583. The maximum Gasteiger partial charge on any atom is 0.413 e. The summed E-state index contributed by atoms with van der Waals surface area (Å²) in [5.41, 5.74) is 4.87. The Labute approximate surface area is 237 Å². The highest BCUT2D eigenvalue weighted by Crippen LogP contribution is 2.32. The number of fused-ring (bicyclic) bond motifs is 1. The average molecular weight is 557 g/mol. The summed E-state index contributed by atoms with van der Waals surface area (Å²) in [4.78, 5) is 50.1. The monoisotopic (exact) mass is 556 g/mol. The van der Waals surface area contributed by atoms with Crippen molar-refractivity contribution in [2.24, 2.45) is 0 Å². The summed E-state index contributed by atoms with van der Waals surface area (Å²) in [6.07, 6.45) is 6.17. The van der Waals surface area contributed by atoms with Crippen LogP contribution in [0.5, 0.6) is 0 Å². The van der Waals surface area contributed by atoms with Crippen LogP contribution >= 0.6 is 0 Å². The van der Waals surface area contributed by atoms with E-state index >= 15 is 0 Å². The molecule has 2 aliphatic heterocycles. The van der Waals surface area contributed by atoms with Gasteiger partial charge in [0.15, 0.2) is 5.82 Å². The smallest absolute Gasteiger partial charge is 0.413 e. The number of imidazole rings is 1. The number of piperazine rings is 1. The van der Waals surface area contributed by atoms with Gasteiger partial charge in [0.1, 0.15) is 11.6 Å². The number of amides is 2. The van der Waals surface area contributed by atoms with Gasteiger partial charge in [0, 0.05) is 69.0 Å². The van der Waals surface area contributed by atoms with Crippen LogP contribution in [0.15, 0.2) is 48.9 Å². The molecule has 5 heterocycles. The molecule has 2 N–H and O–H groups in total. The Bertz CT molecular complexity index is 1510. The van der Waals surface area contributed by atoms with Crippen LogP contribution in [0.3, 0.4) is 0 Å². The number of nitrogens with zero attached hydrogens (tertiary/aromatic N) is 6. The number of benzene rings is 1. The van der Waals surface area contributed by atoms with Crippen molar-refractivity contribution in [1.82, 2.24) is 34.7 Å². The fourth-order valence-electron chi connectivity index (χ4n) is 5.24. The molecule has 2 amide bonds. The molecular formula is C29H32N8O4. The lowest BCUT2D eigenvalue weighted by atomic mass is 10.0. The van der Waals surface area contributed by atoms with Crippen LogP contribution in [0.25, 0.3) is 33.5 Å². The minimum Gasteiger partial charge on any atom is -0.450 e. The highest BCUT2D eigenvalue weighted by atomic mass is 16.5. The van der Waals surface area contributed by atoms with Crippen LogP contribution in [0.2, 0.25) is 0 Å². The fourth-order valence-corrected chi connectivity index (χ4v) is 5.24. The molecule has 12 nitrogen and oxygen atoms in total. The molecule has 1 aromatic carbocycles. The number of anilines is 1. The molecule has 41 heavy (non-hydrogen) atoms. The number of ether oxygens (including phenoxy) is 2. The van der Waals surface area contributed by atoms with Crippen molar-refractivity contribution in [2.45, 2.75) is 32.4 Å². The summed E-state index contributed by atoms with van der Waals surface area (Å²) in [7, 11) is 0. The first-order valence-electron chi connectivity index (χ1n) is 13.9. The molecule has 2 saturated heterocycles. The first-order chi connectivity index (χ1) is 20.1. The first kappa shape index (κ1) is 26.8. The lowest BCUT2D eigenvalue weighted by Crippen LogP contribution is -2.51. The second kappa shape index (κ2) is 12.0. The molecule has 1 atom stereocenters. The van der Waals surface area contributed by atoms with Gasteiger partial charge < -0.3 is 19.4 Å². The number of hydrogen-bond acceptors (Lipinski definition) is 9. The molecule has 3 aromatic heterocycles. The van der Waals surface area contributed by atoms with Crippen molar-refractivity contribution in [3.8, 4) is 22.5 Å². The SMILES string of the molecule is CCOC(=O)Nc1nc2c(-c3ncccn3)cc(-c3ccc(CN4CCN(C(=O)C5CCCO5)CC4)nc3)cc2[nH]1. The number of rotatable bonds is 7. The number of aromatic amines is 1. The maximum absolute atomic E-state index is 12.6. The molecule has 4 aromatic rings. The van der Waals surface area contributed by atoms with Crippen LogP contribution in [0.1, 0.15) is 25.5 Å². The van der Waals surface area contributed by atoms with Crippen molar-refractivity contribution in [3.63, 3.8) is 0 Å². The van der Waals surface area contributed by atoms with E-state index in [2.05, 4.69) is 30.2 Å². The van der Waals surface area contributed by atoms with Crippen molar-refractivity contribution in [3.05, 3.63) is 54.6 Å². The molecule has 6 rings (SSSR count). The Kier molecular flexibility index (Phi) is 7.83. The van der Waals surface area contributed by atoms with Crippen LogP contribution in [-0.2, 0) is 20.8 Å². The molecule has 2 aliphatic rings. The van der Waals surface area contributed by atoms with E-state index in [0.29, 0.717) is 37.6 Å². The third-order valence-electron chi connectivity index (χ3n) is 7.32. The predicted octanol–water partition coefficient (Wildman–Crippen LogP) is 3.47. The second-order valence-electron chi connectivity index (χ2n) is 10.1. The van der Waals surface area contributed by atoms with E-state index in [9.17, 15) is 9.59 Å². The Balaban J connectivity index is 1.18. The summed E-state index contributed by atoms with van der Waals surface area (Å²) < 4.78 is 10.6. The minimum absolute atomic E-state index is 0.128. The van der Waals surface area contributed by atoms with Gasteiger partial charge in [-0.25, -0.2) is 19.7 Å². The van der Waals surface area contributed by atoms with E-state index in [1.807, 2.05) is 35.4 Å². The molecule has 0 aliphatic carbocycles. The largest absolute Gasteiger partial charge is 0.450 e. The summed E-state index contributed by atoms with van der Waals surface area (Å²) in [6, 6.07) is 9.78. The zero-order valence-corrected chi connectivity index (χ0v) is 22.9. The molecule has 0 radical (unpaired) electrons. The Hall–Kier alpha value is -4.42. The number of hydrogen-bond donors (Lipinski definition) is 2. The van der Waals surface area contributed by atoms with Crippen LogP contribution in [0.4, 0.5) is 10.7 Å². The van der Waals surface area contributed by atoms with E-state index in [1.165, 1.54) is 0 Å².